The number of ether oxygens (including phenoxy) is 1. The Kier molecular flexibility index (Phi) is 5.41. The Balaban J connectivity index is 2.06. The van der Waals surface area contributed by atoms with Crippen molar-refractivity contribution in [2.45, 2.75) is 13.3 Å². The third-order valence-electron chi connectivity index (χ3n) is 4.55. The summed E-state index contributed by atoms with van der Waals surface area (Å²) in [6, 6.07) is 15.4. The molecule has 0 saturated heterocycles. The first kappa shape index (κ1) is 18.5. The molecule has 0 aliphatic carbocycles. The lowest BCUT2D eigenvalue weighted by atomic mass is 10.1. The second-order valence-corrected chi connectivity index (χ2v) is 6.20. The SMILES string of the molecule is C=CCc1cccc(C=Nc2c(C)n(C)n(-c3ccccc3)c2=O)c1OC. The van der Waals surface area contributed by atoms with Gasteiger partial charge in [-0.1, -0.05) is 36.4 Å². The minimum Gasteiger partial charge on any atom is -0.496 e. The van der Waals surface area contributed by atoms with Gasteiger partial charge in [0, 0.05) is 18.8 Å². The van der Waals surface area contributed by atoms with Crippen LogP contribution in [0.4, 0.5) is 5.69 Å². The summed E-state index contributed by atoms with van der Waals surface area (Å²) in [5.41, 5.74) is 3.71. The van der Waals surface area contributed by atoms with Crippen molar-refractivity contribution < 1.29 is 4.74 Å². The summed E-state index contributed by atoms with van der Waals surface area (Å²) >= 11 is 0. The number of aromatic nitrogens is 2. The van der Waals surface area contributed by atoms with Crippen molar-refractivity contribution in [3.8, 4) is 11.4 Å². The van der Waals surface area contributed by atoms with Crippen molar-refractivity contribution in [1.29, 1.82) is 0 Å². The highest BCUT2D eigenvalue weighted by Crippen LogP contribution is 2.24. The van der Waals surface area contributed by atoms with Crippen molar-refractivity contribution in [1.82, 2.24) is 9.36 Å². The Morgan fingerprint density at radius 2 is 1.89 bits per heavy atom. The molecule has 138 valence electrons. The third kappa shape index (κ3) is 3.49. The molecule has 0 unspecified atom stereocenters. The second-order valence-electron chi connectivity index (χ2n) is 6.20. The van der Waals surface area contributed by atoms with Gasteiger partial charge in [0.2, 0.25) is 0 Å². The highest BCUT2D eigenvalue weighted by Gasteiger charge is 2.15. The summed E-state index contributed by atoms with van der Waals surface area (Å²) in [5.74, 6) is 0.748. The fourth-order valence-electron chi connectivity index (χ4n) is 3.11. The number of hydrogen-bond acceptors (Lipinski definition) is 3. The van der Waals surface area contributed by atoms with Crippen molar-refractivity contribution in [3.63, 3.8) is 0 Å². The number of allylic oxidation sites excluding steroid dienone is 1. The van der Waals surface area contributed by atoms with E-state index in [1.807, 2.05) is 73.3 Å². The summed E-state index contributed by atoms with van der Waals surface area (Å²) < 4.78 is 8.98. The molecule has 0 atom stereocenters. The van der Waals surface area contributed by atoms with Crippen molar-refractivity contribution in [2.75, 3.05) is 7.11 Å². The monoisotopic (exact) mass is 361 g/mol. The van der Waals surface area contributed by atoms with Crippen LogP contribution in [0.1, 0.15) is 16.8 Å². The van der Waals surface area contributed by atoms with Crippen molar-refractivity contribution in [2.24, 2.45) is 12.0 Å². The van der Waals surface area contributed by atoms with Gasteiger partial charge in [-0.15, -0.1) is 6.58 Å². The summed E-state index contributed by atoms with van der Waals surface area (Å²) in [5, 5.41) is 0. The molecular formula is C22H23N3O2. The quantitative estimate of drug-likeness (QED) is 0.493. The molecule has 3 aromatic rings. The minimum absolute atomic E-state index is 0.154. The first-order valence-corrected chi connectivity index (χ1v) is 8.73. The minimum atomic E-state index is -0.154. The maximum absolute atomic E-state index is 12.9. The summed E-state index contributed by atoms with van der Waals surface area (Å²) in [7, 11) is 3.49. The molecule has 0 aliphatic heterocycles. The molecule has 0 amide bonds. The van der Waals surface area contributed by atoms with Crippen LogP contribution in [0.25, 0.3) is 5.69 Å². The highest BCUT2D eigenvalue weighted by atomic mass is 16.5. The topological polar surface area (TPSA) is 48.5 Å². The fraction of sp³-hybridized carbons (Fsp3) is 0.182. The number of rotatable bonds is 6. The standard InChI is InChI=1S/C22H23N3O2/c1-5-10-17-11-9-12-18(21(17)27-4)15-23-20-16(2)24(3)25(22(20)26)19-13-7-6-8-14-19/h5-9,11-15H,1,10H2,2-4H3. The number of hydrogen-bond donors (Lipinski definition) is 0. The molecule has 0 fully saturated rings. The van der Waals surface area contributed by atoms with Crippen LogP contribution in [0.2, 0.25) is 0 Å². The first-order chi connectivity index (χ1) is 13.1. The molecule has 0 N–H and O–H groups in total. The van der Waals surface area contributed by atoms with E-state index in [9.17, 15) is 4.79 Å². The zero-order valence-electron chi connectivity index (χ0n) is 15.8. The first-order valence-electron chi connectivity index (χ1n) is 8.73. The van der Waals surface area contributed by atoms with Gasteiger partial charge in [-0.2, -0.15) is 0 Å². The van der Waals surface area contributed by atoms with Gasteiger partial charge in [-0.05, 0) is 37.1 Å². The maximum Gasteiger partial charge on any atom is 0.297 e. The van der Waals surface area contributed by atoms with E-state index < -0.39 is 0 Å². The van der Waals surface area contributed by atoms with E-state index in [1.54, 1.807) is 18.0 Å². The Bertz CT molecular complexity index is 1040. The van der Waals surface area contributed by atoms with Gasteiger partial charge in [-0.25, -0.2) is 9.67 Å². The molecule has 5 heteroatoms. The van der Waals surface area contributed by atoms with Crippen molar-refractivity contribution in [3.05, 3.63) is 88.4 Å². The molecule has 0 spiro atoms. The number of methoxy groups -OCH3 is 1. The number of aliphatic imine (C=N–C) groups is 1. The van der Waals surface area contributed by atoms with Crippen LogP contribution in [0.5, 0.6) is 5.75 Å². The Morgan fingerprint density at radius 1 is 1.15 bits per heavy atom. The average Bonchev–Trinajstić information content (AvgIpc) is 2.90. The predicted octanol–water partition coefficient (Wildman–Crippen LogP) is 3.97. The van der Waals surface area contributed by atoms with Crippen LogP contribution in [0, 0.1) is 6.92 Å². The zero-order chi connectivity index (χ0) is 19.4. The molecule has 3 rings (SSSR count). The molecule has 0 radical (unpaired) electrons. The van der Waals surface area contributed by atoms with Gasteiger partial charge in [0.25, 0.3) is 5.56 Å². The molecule has 27 heavy (non-hydrogen) atoms. The van der Waals surface area contributed by atoms with E-state index in [1.165, 1.54) is 0 Å². The summed E-state index contributed by atoms with van der Waals surface area (Å²) in [6.45, 7) is 5.67. The molecule has 2 aromatic carbocycles. The molecule has 1 heterocycles. The maximum atomic E-state index is 12.9. The van der Waals surface area contributed by atoms with Gasteiger partial charge < -0.3 is 4.74 Å². The summed E-state index contributed by atoms with van der Waals surface area (Å²) in [4.78, 5) is 17.4. The lowest BCUT2D eigenvalue weighted by molar-refractivity contribution is 0.410. The molecule has 0 saturated carbocycles. The van der Waals surface area contributed by atoms with Crippen LogP contribution in [-0.4, -0.2) is 22.7 Å². The van der Waals surface area contributed by atoms with Gasteiger partial charge in [0.05, 0.1) is 18.5 Å². The van der Waals surface area contributed by atoms with Crippen LogP contribution < -0.4 is 10.3 Å². The highest BCUT2D eigenvalue weighted by molar-refractivity contribution is 5.86. The lowest BCUT2D eigenvalue weighted by Crippen LogP contribution is -2.19. The normalized spacial score (nSPS) is 11.1. The van der Waals surface area contributed by atoms with Gasteiger partial charge >= 0.3 is 0 Å². The smallest absolute Gasteiger partial charge is 0.297 e. The summed E-state index contributed by atoms with van der Waals surface area (Å²) in [6.07, 6.45) is 4.22. The van der Waals surface area contributed by atoms with E-state index >= 15 is 0 Å². The molecule has 0 aliphatic rings. The zero-order valence-corrected chi connectivity index (χ0v) is 15.8. The number of nitrogens with zero attached hydrogens (tertiary/aromatic N) is 3. The van der Waals surface area contributed by atoms with Crippen LogP contribution in [0.15, 0.2) is 71.0 Å². The molecular weight excluding hydrogens is 338 g/mol. The molecule has 5 nitrogen and oxygen atoms in total. The number of benzene rings is 2. The predicted molar refractivity (Wildman–Crippen MR) is 110 cm³/mol. The van der Waals surface area contributed by atoms with E-state index in [0.717, 1.165) is 28.3 Å². The largest absolute Gasteiger partial charge is 0.496 e. The van der Waals surface area contributed by atoms with E-state index in [-0.39, 0.29) is 5.56 Å². The molecule has 0 bridgehead atoms. The van der Waals surface area contributed by atoms with Gasteiger partial charge in [0.15, 0.2) is 5.69 Å². The van der Waals surface area contributed by atoms with Crippen molar-refractivity contribution >= 4 is 11.9 Å². The molecule has 1 aromatic heterocycles. The van der Waals surface area contributed by atoms with Crippen LogP contribution >= 0.6 is 0 Å². The van der Waals surface area contributed by atoms with E-state index in [2.05, 4.69) is 11.6 Å². The van der Waals surface area contributed by atoms with Gasteiger partial charge in [0.1, 0.15) is 5.75 Å². The van der Waals surface area contributed by atoms with Crippen LogP contribution in [0.3, 0.4) is 0 Å². The third-order valence-corrected chi connectivity index (χ3v) is 4.55. The average molecular weight is 361 g/mol. The van der Waals surface area contributed by atoms with Crippen LogP contribution in [-0.2, 0) is 13.5 Å². The van der Waals surface area contributed by atoms with Gasteiger partial charge in [-0.3, -0.25) is 9.48 Å². The second kappa shape index (κ2) is 7.91. The fourth-order valence-corrected chi connectivity index (χ4v) is 3.11. The Hall–Kier alpha value is -3.34. The van der Waals surface area contributed by atoms with E-state index in [0.29, 0.717) is 12.1 Å². The Morgan fingerprint density at radius 3 is 2.56 bits per heavy atom. The Labute approximate surface area is 158 Å². The lowest BCUT2D eigenvalue weighted by Gasteiger charge is -2.09. The number of para-hydroxylation sites is 2. The van der Waals surface area contributed by atoms with E-state index in [4.69, 9.17) is 4.74 Å².